The fourth-order valence-corrected chi connectivity index (χ4v) is 1.70. The van der Waals surface area contributed by atoms with E-state index in [1.54, 1.807) is 6.92 Å². The molecule has 1 aliphatic rings. The van der Waals surface area contributed by atoms with Crippen LogP contribution < -0.4 is 10.6 Å². The Labute approximate surface area is 95.9 Å². The molecule has 0 aliphatic heterocycles. The van der Waals surface area contributed by atoms with Crippen molar-refractivity contribution in [3.8, 4) is 0 Å². The predicted octanol–water partition coefficient (Wildman–Crippen LogP) is 1.04. The Morgan fingerprint density at radius 2 is 2.12 bits per heavy atom. The van der Waals surface area contributed by atoms with Crippen LogP contribution >= 0.6 is 0 Å². The van der Waals surface area contributed by atoms with E-state index >= 15 is 0 Å². The van der Waals surface area contributed by atoms with Gasteiger partial charge in [0.05, 0.1) is 6.61 Å². The third-order valence-corrected chi connectivity index (χ3v) is 2.60. The van der Waals surface area contributed by atoms with Crippen LogP contribution in [0.1, 0.15) is 33.1 Å². The lowest BCUT2D eigenvalue weighted by Crippen LogP contribution is -2.40. The van der Waals surface area contributed by atoms with Crippen molar-refractivity contribution in [1.82, 2.24) is 10.6 Å². The minimum absolute atomic E-state index is 0.0646. The van der Waals surface area contributed by atoms with E-state index in [4.69, 9.17) is 4.74 Å². The summed E-state index contributed by atoms with van der Waals surface area (Å²) in [6.45, 7) is 4.14. The Kier molecular flexibility index (Phi) is 5.08. The van der Waals surface area contributed by atoms with Gasteiger partial charge in [0.15, 0.2) is 0 Å². The number of nitrogens with one attached hydrogen (secondary N) is 2. The van der Waals surface area contributed by atoms with Crippen LogP contribution in [0.3, 0.4) is 0 Å². The Balaban J connectivity index is 2.06. The van der Waals surface area contributed by atoms with E-state index in [1.165, 1.54) is 0 Å². The maximum Gasteiger partial charge on any atom is 0.325 e. The number of urea groups is 1. The third-order valence-electron chi connectivity index (χ3n) is 2.60. The number of carbonyl (C=O) groups is 2. The molecule has 16 heavy (non-hydrogen) atoms. The highest BCUT2D eigenvalue weighted by Gasteiger charge is 2.37. The average Bonchev–Trinajstić information content (AvgIpc) is 2.95. The molecule has 0 spiro atoms. The highest BCUT2D eigenvalue weighted by Crippen LogP contribution is 2.34. The molecule has 2 atom stereocenters. The summed E-state index contributed by atoms with van der Waals surface area (Å²) < 4.78 is 4.69. The summed E-state index contributed by atoms with van der Waals surface area (Å²) in [5.41, 5.74) is 0. The lowest BCUT2D eigenvalue weighted by atomic mass is 10.2. The average molecular weight is 228 g/mol. The highest BCUT2D eigenvalue weighted by atomic mass is 16.5. The Morgan fingerprint density at radius 3 is 2.75 bits per heavy atom. The molecule has 2 N–H and O–H groups in total. The van der Waals surface area contributed by atoms with Crippen molar-refractivity contribution in [2.75, 3.05) is 13.2 Å². The molecule has 0 saturated heterocycles. The van der Waals surface area contributed by atoms with Gasteiger partial charge in [0.2, 0.25) is 0 Å². The summed E-state index contributed by atoms with van der Waals surface area (Å²) in [7, 11) is 0. The van der Waals surface area contributed by atoms with E-state index in [2.05, 4.69) is 17.6 Å². The van der Waals surface area contributed by atoms with Crippen molar-refractivity contribution in [1.29, 1.82) is 0 Å². The van der Waals surface area contributed by atoms with Crippen LogP contribution in [0.15, 0.2) is 0 Å². The van der Waals surface area contributed by atoms with Crippen molar-refractivity contribution in [2.45, 2.75) is 39.2 Å². The summed E-state index contributed by atoms with van der Waals surface area (Å²) in [6, 6.07) is 0.0128. The van der Waals surface area contributed by atoms with Crippen LogP contribution in [0.25, 0.3) is 0 Å². The monoisotopic (exact) mass is 228 g/mol. The third kappa shape index (κ3) is 4.51. The first-order valence-corrected chi connectivity index (χ1v) is 5.87. The number of amides is 2. The zero-order valence-electron chi connectivity index (χ0n) is 9.91. The van der Waals surface area contributed by atoms with Gasteiger partial charge in [0.25, 0.3) is 0 Å². The molecule has 0 aromatic carbocycles. The molecule has 1 aliphatic carbocycles. The van der Waals surface area contributed by atoms with Gasteiger partial charge in [-0.25, -0.2) is 4.79 Å². The van der Waals surface area contributed by atoms with Crippen molar-refractivity contribution < 1.29 is 14.3 Å². The second-order valence-electron chi connectivity index (χ2n) is 4.02. The fourth-order valence-electron chi connectivity index (χ4n) is 1.70. The molecule has 1 rings (SSSR count). The molecule has 1 fully saturated rings. The molecule has 2 amide bonds. The summed E-state index contributed by atoms with van der Waals surface area (Å²) in [5, 5.41) is 5.31. The molecule has 5 nitrogen and oxygen atoms in total. The molecule has 0 heterocycles. The minimum Gasteiger partial charge on any atom is -0.465 e. The number of rotatable bonds is 6. The maximum absolute atomic E-state index is 11.3. The van der Waals surface area contributed by atoms with E-state index in [-0.39, 0.29) is 12.6 Å². The van der Waals surface area contributed by atoms with Crippen LogP contribution in [0.5, 0.6) is 0 Å². The van der Waals surface area contributed by atoms with Crippen LogP contribution in [-0.2, 0) is 9.53 Å². The minimum atomic E-state index is -0.404. The Morgan fingerprint density at radius 1 is 1.38 bits per heavy atom. The molecule has 2 unspecified atom stereocenters. The van der Waals surface area contributed by atoms with Crippen molar-refractivity contribution in [3.05, 3.63) is 0 Å². The summed E-state index contributed by atoms with van der Waals surface area (Å²) in [6.07, 6.45) is 3.36. The van der Waals surface area contributed by atoms with Gasteiger partial charge in [-0.15, -0.1) is 0 Å². The topological polar surface area (TPSA) is 67.4 Å². The smallest absolute Gasteiger partial charge is 0.325 e. The van der Waals surface area contributed by atoms with Gasteiger partial charge in [0, 0.05) is 6.04 Å². The molecule has 1 saturated carbocycles. The van der Waals surface area contributed by atoms with Crippen molar-refractivity contribution >= 4 is 12.0 Å². The SMILES string of the molecule is CCCC1CC1NC(=O)NCC(=O)OCC. The molecule has 5 heteroatoms. The van der Waals surface area contributed by atoms with Crippen LogP contribution in [0, 0.1) is 5.92 Å². The second kappa shape index (κ2) is 6.35. The van der Waals surface area contributed by atoms with Gasteiger partial charge < -0.3 is 15.4 Å². The van der Waals surface area contributed by atoms with Crippen molar-refractivity contribution in [2.24, 2.45) is 5.92 Å². The molecular weight excluding hydrogens is 208 g/mol. The normalized spacial score (nSPS) is 22.4. The largest absolute Gasteiger partial charge is 0.465 e. The maximum atomic E-state index is 11.3. The van der Waals surface area contributed by atoms with E-state index in [0.29, 0.717) is 18.6 Å². The Bertz CT molecular complexity index is 256. The van der Waals surface area contributed by atoms with Crippen LogP contribution in [0.4, 0.5) is 4.79 Å². The number of hydrogen-bond donors (Lipinski definition) is 2. The van der Waals surface area contributed by atoms with Crippen LogP contribution in [-0.4, -0.2) is 31.2 Å². The van der Waals surface area contributed by atoms with E-state index in [1.807, 2.05) is 0 Å². The number of hydrogen-bond acceptors (Lipinski definition) is 3. The molecular formula is C11H20N2O3. The molecule has 92 valence electrons. The van der Waals surface area contributed by atoms with E-state index < -0.39 is 5.97 Å². The van der Waals surface area contributed by atoms with Gasteiger partial charge in [-0.3, -0.25) is 4.79 Å². The first-order chi connectivity index (χ1) is 7.67. The first-order valence-electron chi connectivity index (χ1n) is 5.87. The number of carbonyl (C=O) groups excluding carboxylic acids is 2. The second-order valence-corrected chi connectivity index (χ2v) is 4.02. The summed E-state index contributed by atoms with van der Waals surface area (Å²) in [5.74, 6) is 0.219. The number of ether oxygens (including phenoxy) is 1. The predicted molar refractivity (Wildman–Crippen MR) is 60.0 cm³/mol. The van der Waals surface area contributed by atoms with Gasteiger partial charge in [-0.2, -0.15) is 0 Å². The van der Waals surface area contributed by atoms with E-state index in [0.717, 1.165) is 19.3 Å². The lowest BCUT2D eigenvalue weighted by molar-refractivity contribution is -0.141. The summed E-state index contributed by atoms with van der Waals surface area (Å²) >= 11 is 0. The standard InChI is InChI=1S/C11H20N2O3/c1-3-5-8-6-9(8)13-11(15)12-7-10(14)16-4-2/h8-9H,3-7H2,1-2H3,(H2,12,13,15). The van der Waals surface area contributed by atoms with E-state index in [9.17, 15) is 9.59 Å². The zero-order chi connectivity index (χ0) is 12.0. The fraction of sp³-hybridized carbons (Fsp3) is 0.818. The zero-order valence-corrected chi connectivity index (χ0v) is 9.91. The Hall–Kier alpha value is -1.26. The highest BCUT2D eigenvalue weighted by molar-refractivity contribution is 5.81. The molecule has 0 radical (unpaired) electrons. The van der Waals surface area contributed by atoms with Gasteiger partial charge >= 0.3 is 12.0 Å². The molecule has 0 aromatic rings. The molecule has 0 bridgehead atoms. The van der Waals surface area contributed by atoms with Gasteiger partial charge in [0.1, 0.15) is 6.54 Å². The van der Waals surface area contributed by atoms with Crippen molar-refractivity contribution in [3.63, 3.8) is 0 Å². The van der Waals surface area contributed by atoms with Crippen LogP contribution in [0.2, 0.25) is 0 Å². The number of esters is 1. The quantitative estimate of drug-likeness (QED) is 0.667. The van der Waals surface area contributed by atoms with Gasteiger partial charge in [-0.05, 0) is 25.7 Å². The lowest BCUT2D eigenvalue weighted by Gasteiger charge is -2.06. The van der Waals surface area contributed by atoms with Gasteiger partial charge in [-0.1, -0.05) is 13.3 Å². The first kappa shape index (κ1) is 12.8. The molecule has 0 aromatic heterocycles. The summed E-state index contributed by atoms with van der Waals surface area (Å²) in [4.78, 5) is 22.3.